The van der Waals surface area contributed by atoms with E-state index >= 15 is 8.78 Å². The van der Waals surface area contributed by atoms with Crippen molar-refractivity contribution < 1.29 is 23.0 Å². The number of aromatic nitrogens is 4. The number of benzene rings is 1. The predicted molar refractivity (Wildman–Crippen MR) is 120 cm³/mol. The van der Waals surface area contributed by atoms with E-state index in [9.17, 15) is 4.79 Å². The summed E-state index contributed by atoms with van der Waals surface area (Å²) in [7, 11) is 1.33. The smallest absolute Gasteiger partial charge is 0.409 e. The molecule has 1 aromatic carbocycles. The molecule has 0 spiro atoms. The lowest BCUT2D eigenvalue weighted by Gasteiger charge is -2.32. The van der Waals surface area contributed by atoms with Crippen LogP contribution in [0, 0.1) is 18.6 Å². The number of nitrogens with one attached hydrogen (secondary N) is 1. The Morgan fingerprint density at radius 1 is 1.26 bits per heavy atom. The standard InChI is InChI=1S/C24H23F2N5O3/c1-14-4-6-31-20(12-16-13-30(7-8-34-16)24(32)33-2)23(28-21(31)9-14)22-17(25)10-15(11-18(22)26)19-3-5-27-29-19/h3-6,9-11,16H,7-8,12-13H2,1-2H3,(H,27,29). The highest BCUT2D eigenvalue weighted by Crippen LogP contribution is 2.33. The van der Waals surface area contributed by atoms with Gasteiger partial charge in [-0.3, -0.25) is 5.10 Å². The van der Waals surface area contributed by atoms with Gasteiger partial charge in [0.15, 0.2) is 0 Å². The minimum atomic E-state index is -0.736. The molecule has 1 atom stereocenters. The van der Waals surface area contributed by atoms with Gasteiger partial charge in [0, 0.05) is 30.9 Å². The van der Waals surface area contributed by atoms with Crippen LogP contribution in [-0.4, -0.2) is 63.5 Å². The van der Waals surface area contributed by atoms with Gasteiger partial charge >= 0.3 is 6.09 Å². The SMILES string of the molecule is COC(=O)N1CCOC(Cc2c(-c3c(F)cc(-c4cc[nH]n4)cc3F)nc3cc(C)ccn23)C1. The lowest BCUT2D eigenvalue weighted by atomic mass is 10.0. The first-order chi connectivity index (χ1) is 16.4. The first-order valence-corrected chi connectivity index (χ1v) is 10.9. The van der Waals surface area contributed by atoms with Crippen LogP contribution in [0.15, 0.2) is 42.7 Å². The van der Waals surface area contributed by atoms with Gasteiger partial charge in [-0.2, -0.15) is 5.10 Å². The van der Waals surface area contributed by atoms with E-state index in [2.05, 4.69) is 15.2 Å². The number of amides is 1. The number of aryl methyl sites for hydroxylation is 1. The van der Waals surface area contributed by atoms with E-state index in [0.717, 1.165) is 5.56 Å². The Morgan fingerprint density at radius 3 is 2.76 bits per heavy atom. The van der Waals surface area contributed by atoms with Crippen LogP contribution in [-0.2, 0) is 15.9 Å². The number of ether oxygens (including phenoxy) is 2. The van der Waals surface area contributed by atoms with E-state index in [1.54, 1.807) is 17.2 Å². The molecule has 0 saturated carbocycles. The van der Waals surface area contributed by atoms with E-state index in [1.807, 2.05) is 29.7 Å². The molecule has 5 rings (SSSR count). The van der Waals surface area contributed by atoms with Gasteiger partial charge in [-0.25, -0.2) is 18.6 Å². The maximum atomic E-state index is 15.3. The molecule has 1 aliphatic rings. The third-order valence-electron chi connectivity index (χ3n) is 5.95. The average Bonchev–Trinajstić information content (AvgIpc) is 3.47. The molecule has 1 aliphatic heterocycles. The van der Waals surface area contributed by atoms with Crippen molar-refractivity contribution in [3.05, 3.63) is 65.6 Å². The molecule has 1 saturated heterocycles. The summed E-state index contributed by atoms with van der Waals surface area (Å²) in [6.07, 6.45) is 2.89. The largest absolute Gasteiger partial charge is 0.453 e. The lowest BCUT2D eigenvalue weighted by molar-refractivity contribution is -0.0241. The monoisotopic (exact) mass is 467 g/mol. The first-order valence-electron chi connectivity index (χ1n) is 10.9. The summed E-state index contributed by atoms with van der Waals surface area (Å²) in [5.74, 6) is -1.47. The Labute approximate surface area is 194 Å². The van der Waals surface area contributed by atoms with Crippen LogP contribution in [0.5, 0.6) is 0 Å². The van der Waals surface area contributed by atoms with Gasteiger partial charge in [0.05, 0.1) is 49.0 Å². The van der Waals surface area contributed by atoms with Gasteiger partial charge in [0.25, 0.3) is 0 Å². The van der Waals surface area contributed by atoms with Gasteiger partial charge in [-0.15, -0.1) is 0 Å². The second-order valence-electron chi connectivity index (χ2n) is 8.23. The Bertz CT molecular complexity index is 1330. The summed E-state index contributed by atoms with van der Waals surface area (Å²) < 4.78 is 43.2. The van der Waals surface area contributed by atoms with Gasteiger partial charge < -0.3 is 18.8 Å². The second kappa shape index (κ2) is 8.86. The van der Waals surface area contributed by atoms with Crippen molar-refractivity contribution in [2.75, 3.05) is 26.8 Å². The number of carbonyl (C=O) groups excluding carboxylic acids is 1. The van der Waals surface area contributed by atoms with Crippen LogP contribution in [0.1, 0.15) is 11.3 Å². The maximum Gasteiger partial charge on any atom is 0.409 e. The number of methoxy groups -OCH3 is 1. The third kappa shape index (κ3) is 4.01. The van der Waals surface area contributed by atoms with Crippen molar-refractivity contribution in [2.45, 2.75) is 19.4 Å². The maximum absolute atomic E-state index is 15.3. The molecule has 4 aromatic rings. The second-order valence-corrected chi connectivity index (χ2v) is 8.23. The van der Waals surface area contributed by atoms with Gasteiger partial charge in [0.1, 0.15) is 17.3 Å². The molecule has 1 unspecified atom stereocenters. The zero-order valence-corrected chi connectivity index (χ0v) is 18.7. The van der Waals surface area contributed by atoms with Crippen molar-refractivity contribution in [2.24, 2.45) is 0 Å². The van der Waals surface area contributed by atoms with Crippen LogP contribution in [0.2, 0.25) is 0 Å². The Kier molecular flexibility index (Phi) is 5.74. The molecule has 34 heavy (non-hydrogen) atoms. The Balaban J connectivity index is 1.58. The molecule has 8 nitrogen and oxygen atoms in total. The fraction of sp³-hybridized carbons (Fsp3) is 0.292. The quantitative estimate of drug-likeness (QED) is 0.491. The van der Waals surface area contributed by atoms with E-state index in [0.29, 0.717) is 48.7 Å². The molecule has 176 valence electrons. The summed E-state index contributed by atoms with van der Waals surface area (Å²) in [6.45, 7) is 2.98. The molecule has 3 aromatic heterocycles. The van der Waals surface area contributed by atoms with Gasteiger partial charge in [-0.1, -0.05) is 0 Å². The number of hydrogen-bond donors (Lipinski definition) is 1. The number of H-pyrrole nitrogens is 1. The fourth-order valence-corrected chi connectivity index (χ4v) is 4.31. The third-order valence-corrected chi connectivity index (χ3v) is 5.95. The summed E-state index contributed by atoms with van der Waals surface area (Å²) in [5.41, 5.74) is 2.89. The van der Waals surface area contributed by atoms with Crippen LogP contribution in [0.25, 0.3) is 28.2 Å². The number of nitrogens with zero attached hydrogens (tertiary/aromatic N) is 4. The molecular formula is C24H23F2N5O3. The van der Waals surface area contributed by atoms with Gasteiger partial charge in [0.2, 0.25) is 0 Å². The Morgan fingerprint density at radius 2 is 2.06 bits per heavy atom. The Hall–Kier alpha value is -3.79. The van der Waals surface area contributed by atoms with E-state index in [-0.39, 0.29) is 17.4 Å². The first kappa shape index (κ1) is 22.0. The van der Waals surface area contributed by atoms with Gasteiger partial charge in [-0.05, 0) is 42.8 Å². The number of imidazole rings is 1. The number of hydrogen-bond acceptors (Lipinski definition) is 5. The molecule has 0 aliphatic carbocycles. The summed E-state index contributed by atoms with van der Waals surface area (Å²) in [6, 6.07) is 7.90. The normalized spacial score (nSPS) is 16.2. The number of pyridine rings is 1. The van der Waals surface area contributed by atoms with Crippen LogP contribution < -0.4 is 0 Å². The zero-order chi connectivity index (χ0) is 23.8. The molecule has 1 amide bonds. The lowest BCUT2D eigenvalue weighted by Crippen LogP contribution is -2.46. The zero-order valence-electron chi connectivity index (χ0n) is 18.7. The van der Waals surface area contributed by atoms with E-state index < -0.39 is 17.7 Å². The molecule has 0 bridgehead atoms. The highest BCUT2D eigenvalue weighted by atomic mass is 19.1. The molecular weight excluding hydrogens is 444 g/mol. The summed E-state index contributed by atoms with van der Waals surface area (Å²) in [4.78, 5) is 18.1. The minimum absolute atomic E-state index is 0.202. The molecule has 1 fully saturated rings. The molecule has 10 heteroatoms. The topological polar surface area (TPSA) is 84.7 Å². The number of carbonyl (C=O) groups is 1. The van der Waals surface area contributed by atoms with Crippen LogP contribution >= 0.6 is 0 Å². The molecule has 4 heterocycles. The predicted octanol–water partition coefficient (Wildman–Crippen LogP) is 3.99. The highest BCUT2D eigenvalue weighted by molar-refractivity contribution is 5.72. The number of rotatable bonds is 4. The average molecular weight is 467 g/mol. The van der Waals surface area contributed by atoms with Crippen molar-refractivity contribution in [3.63, 3.8) is 0 Å². The number of aromatic amines is 1. The summed E-state index contributed by atoms with van der Waals surface area (Å²) >= 11 is 0. The van der Waals surface area contributed by atoms with E-state index in [1.165, 1.54) is 19.2 Å². The van der Waals surface area contributed by atoms with Crippen molar-refractivity contribution in [1.29, 1.82) is 0 Å². The van der Waals surface area contributed by atoms with Crippen molar-refractivity contribution in [1.82, 2.24) is 24.5 Å². The van der Waals surface area contributed by atoms with Crippen molar-refractivity contribution in [3.8, 4) is 22.5 Å². The fourth-order valence-electron chi connectivity index (χ4n) is 4.31. The summed E-state index contributed by atoms with van der Waals surface area (Å²) in [5, 5.41) is 6.65. The minimum Gasteiger partial charge on any atom is -0.453 e. The highest BCUT2D eigenvalue weighted by Gasteiger charge is 2.29. The number of fused-ring (bicyclic) bond motifs is 1. The van der Waals surface area contributed by atoms with E-state index in [4.69, 9.17) is 9.47 Å². The number of halogens is 2. The van der Waals surface area contributed by atoms with Crippen LogP contribution in [0.4, 0.5) is 13.6 Å². The number of morpholine rings is 1. The molecule has 1 N–H and O–H groups in total. The van der Waals surface area contributed by atoms with Crippen molar-refractivity contribution >= 4 is 11.7 Å². The van der Waals surface area contributed by atoms with Crippen LogP contribution in [0.3, 0.4) is 0 Å². The molecule has 0 radical (unpaired) electrons.